The van der Waals surface area contributed by atoms with Crippen molar-refractivity contribution >= 4 is 0 Å². The first-order valence-corrected chi connectivity index (χ1v) is 7.02. The van der Waals surface area contributed by atoms with Crippen molar-refractivity contribution in [2.45, 2.75) is 45.3 Å². The Morgan fingerprint density at radius 2 is 2.00 bits per heavy atom. The zero-order chi connectivity index (χ0) is 13.9. The Hall–Kier alpha value is -1.22. The summed E-state index contributed by atoms with van der Waals surface area (Å²) in [4.78, 5) is 0. The van der Waals surface area contributed by atoms with E-state index in [-0.39, 0.29) is 6.10 Å². The third kappa shape index (κ3) is 3.63. The van der Waals surface area contributed by atoms with Crippen LogP contribution in [0.5, 0.6) is 11.5 Å². The molecule has 0 bridgehead atoms. The van der Waals surface area contributed by atoms with Crippen molar-refractivity contribution in [2.24, 2.45) is 5.41 Å². The highest BCUT2D eigenvalue weighted by atomic mass is 16.5. The zero-order valence-electron chi connectivity index (χ0n) is 12.4. The quantitative estimate of drug-likeness (QED) is 0.904. The van der Waals surface area contributed by atoms with E-state index in [2.05, 4.69) is 19.2 Å². The first-order chi connectivity index (χ1) is 9.04. The van der Waals surface area contributed by atoms with E-state index in [0.717, 1.165) is 24.3 Å². The molecule has 1 N–H and O–H groups in total. The molecule has 106 valence electrons. The lowest BCUT2D eigenvalue weighted by Crippen LogP contribution is -2.47. The minimum Gasteiger partial charge on any atom is -0.497 e. The maximum Gasteiger partial charge on any atom is 0.123 e. The van der Waals surface area contributed by atoms with Crippen LogP contribution < -0.4 is 14.8 Å². The fraction of sp³-hybridized carbons (Fsp3) is 0.625. The smallest absolute Gasteiger partial charge is 0.123 e. The van der Waals surface area contributed by atoms with E-state index < -0.39 is 0 Å². The van der Waals surface area contributed by atoms with Gasteiger partial charge in [-0.05, 0) is 43.9 Å². The van der Waals surface area contributed by atoms with Crippen molar-refractivity contribution in [3.05, 3.63) is 24.3 Å². The summed E-state index contributed by atoms with van der Waals surface area (Å²) >= 11 is 0. The fourth-order valence-corrected chi connectivity index (χ4v) is 2.82. The lowest BCUT2D eigenvalue weighted by atomic mass is 9.74. The monoisotopic (exact) mass is 263 g/mol. The average Bonchev–Trinajstić information content (AvgIpc) is 2.38. The Morgan fingerprint density at radius 1 is 1.26 bits per heavy atom. The first-order valence-electron chi connectivity index (χ1n) is 7.02. The molecule has 0 amide bonds. The molecule has 0 saturated heterocycles. The van der Waals surface area contributed by atoms with Crippen LogP contribution in [0.4, 0.5) is 0 Å². The number of ether oxygens (including phenoxy) is 2. The van der Waals surface area contributed by atoms with E-state index >= 15 is 0 Å². The highest BCUT2D eigenvalue weighted by molar-refractivity contribution is 5.33. The number of methoxy groups -OCH3 is 1. The molecule has 0 heterocycles. The van der Waals surface area contributed by atoms with Gasteiger partial charge < -0.3 is 14.8 Å². The van der Waals surface area contributed by atoms with E-state index in [0.29, 0.717) is 11.5 Å². The molecule has 19 heavy (non-hydrogen) atoms. The Balaban J connectivity index is 2.09. The Kier molecular flexibility index (Phi) is 4.35. The van der Waals surface area contributed by atoms with Crippen LogP contribution in [0.15, 0.2) is 24.3 Å². The highest BCUT2D eigenvalue weighted by Gasteiger charge is 2.35. The van der Waals surface area contributed by atoms with Crippen molar-refractivity contribution in [1.29, 1.82) is 0 Å². The maximum atomic E-state index is 6.19. The fourth-order valence-electron chi connectivity index (χ4n) is 2.82. The molecule has 0 aromatic heterocycles. The van der Waals surface area contributed by atoms with Gasteiger partial charge in [0.15, 0.2) is 0 Å². The van der Waals surface area contributed by atoms with Crippen LogP contribution in [0.1, 0.15) is 33.1 Å². The van der Waals surface area contributed by atoms with Gasteiger partial charge in [-0.25, -0.2) is 0 Å². The van der Waals surface area contributed by atoms with E-state index in [1.807, 2.05) is 31.3 Å². The van der Waals surface area contributed by atoms with Gasteiger partial charge in [0.2, 0.25) is 0 Å². The molecule has 2 unspecified atom stereocenters. The summed E-state index contributed by atoms with van der Waals surface area (Å²) in [5, 5.41) is 3.38. The molecule has 3 nitrogen and oxygen atoms in total. The minimum absolute atomic E-state index is 0.223. The molecule has 1 saturated carbocycles. The van der Waals surface area contributed by atoms with Crippen LogP contribution in [-0.4, -0.2) is 26.3 Å². The minimum atomic E-state index is 0.223. The Bertz CT molecular complexity index is 417. The molecule has 1 aromatic carbocycles. The normalized spacial score (nSPS) is 25.9. The Labute approximate surface area is 116 Å². The van der Waals surface area contributed by atoms with Crippen LogP contribution in [-0.2, 0) is 0 Å². The van der Waals surface area contributed by atoms with Gasteiger partial charge in [0.05, 0.1) is 7.11 Å². The number of hydrogen-bond acceptors (Lipinski definition) is 3. The van der Waals surface area contributed by atoms with Gasteiger partial charge in [0, 0.05) is 12.1 Å². The molecular weight excluding hydrogens is 238 g/mol. The largest absolute Gasteiger partial charge is 0.497 e. The zero-order valence-corrected chi connectivity index (χ0v) is 12.4. The summed E-state index contributed by atoms with van der Waals surface area (Å²) < 4.78 is 11.4. The molecular formula is C16H25NO2. The molecule has 2 rings (SSSR count). The summed E-state index contributed by atoms with van der Waals surface area (Å²) in [5.74, 6) is 1.73. The van der Waals surface area contributed by atoms with Crippen molar-refractivity contribution in [1.82, 2.24) is 5.32 Å². The van der Waals surface area contributed by atoms with Crippen molar-refractivity contribution < 1.29 is 9.47 Å². The van der Waals surface area contributed by atoms with Crippen LogP contribution in [0, 0.1) is 5.41 Å². The third-order valence-electron chi connectivity index (χ3n) is 4.03. The predicted octanol–water partition coefficient (Wildman–Crippen LogP) is 3.24. The van der Waals surface area contributed by atoms with Crippen LogP contribution in [0.3, 0.4) is 0 Å². The number of nitrogens with one attached hydrogen (secondary N) is 1. The molecule has 0 aliphatic heterocycles. The van der Waals surface area contributed by atoms with Gasteiger partial charge in [-0.1, -0.05) is 19.9 Å². The van der Waals surface area contributed by atoms with Gasteiger partial charge in [0.1, 0.15) is 17.6 Å². The van der Waals surface area contributed by atoms with E-state index in [1.54, 1.807) is 7.11 Å². The van der Waals surface area contributed by atoms with Crippen LogP contribution >= 0.6 is 0 Å². The first kappa shape index (κ1) is 14.2. The van der Waals surface area contributed by atoms with E-state index in [1.165, 1.54) is 6.42 Å². The molecule has 2 atom stereocenters. The van der Waals surface area contributed by atoms with E-state index in [4.69, 9.17) is 9.47 Å². The van der Waals surface area contributed by atoms with Crippen LogP contribution in [0.2, 0.25) is 0 Å². The van der Waals surface area contributed by atoms with Gasteiger partial charge in [-0.15, -0.1) is 0 Å². The standard InChI is InChI=1S/C16H25NO2/c1-16(2)9-8-14(17-3)15(11-16)19-13-7-5-6-12(10-13)18-4/h5-7,10,14-15,17H,8-9,11H2,1-4H3. The highest BCUT2D eigenvalue weighted by Crippen LogP contribution is 2.37. The molecule has 1 aliphatic rings. The predicted molar refractivity (Wildman–Crippen MR) is 77.9 cm³/mol. The molecule has 1 fully saturated rings. The lowest BCUT2D eigenvalue weighted by molar-refractivity contribution is 0.0557. The summed E-state index contributed by atoms with van der Waals surface area (Å²) in [6, 6.07) is 8.29. The molecule has 1 aliphatic carbocycles. The topological polar surface area (TPSA) is 30.5 Å². The van der Waals surface area contributed by atoms with Gasteiger partial charge in [-0.3, -0.25) is 0 Å². The number of hydrogen-bond donors (Lipinski definition) is 1. The second-order valence-corrected chi connectivity index (χ2v) is 6.14. The average molecular weight is 263 g/mol. The van der Waals surface area contributed by atoms with E-state index in [9.17, 15) is 0 Å². The SMILES string of the molecule is CNC1CCC(C)(C)CC1Oc1cccc(OC)c1. The second kappa shape index (κ2) is 5.83. The molecule has 3 heteroatoms. The molecule has 1 aromatic rings. The summed E-state index contributed by atoms with van der Waals surface area (Å²) in [5.41, 5.74) is 0.358. The van der Waals surface area contributed by atoms with Gasteiger partial charge in [0.25, 0.3) is 0 Å². The van der Waals surface area contributed by atoms with Gasteiger partial charge in [-0.2, -0.15) is 0 Å². The summed E-state index contributed by atoms with van der Waals surface area (Å²) in [6.07, 6.45) is 3.71. The van der Waals surface area contributed by atoms with Crippen molar-refractivity contribution in [3.8, 4) is 11.5 Å². The maximum absolute atomic E-state index is 6.19. The van der Waals surface area contributed by atoms with Crippen molar-refractivity contribution in [2.75, 3.05) is 14.2 Å². The summed E-state index contributed by atoms with van der Waals surface area (Å²) in [6.45, 7) is 4.64. The molecule has 0 spiro atoms. The number of likely N-dealkylation sites (N-methyl/N-ethyl adjacent to an activating group) is 1. The van der Waals surface area contributed by atoms with Gasteiger partial charge >= 0.3 is 0 Å². The Morgan fingerprint density at radius 3 is 2.68 bits per heavy atom. The number of benzene rings is 1. The second-order valence-electron chi connectivity index (χ2n) is 6.14. The molecule has 0 radical (unpaired) electrons. The number of rotatable bonds is 4. The summed E-state index contributed by atoms with van der Waals surface area (Å²) in [7, 11) is 3.70. The third-order valence-corrected chi connectivity index (χ3v) is 4.03. The van der Waals surface area contributed by atoms with Crippen molar-refractivity contribution in [3.63, 3.8) is 0 Å². The lowest BCUT2D eigenvalue weighted by Gasteiger charge is -2.40. The van der Waals surface area contributed by atoms with Crippen LogP contribution in [0.25, 0.3) is 0 Å².